The molecule has 0 saturated heterocycles. The summed E-state index contributed by atoms with van der Waals surface area (Å²) in [4.78, 5) is 0.209. The van der Waals surface area contributed by atoms with E-state index >= 15 is 0 Å². The van der Waals surface area contributed by atoms with Crippen molar-refractivity contribution in [3.63, 3.8) is 0 Å². The topological polar surface area (TPSA) is 94.2 Å². The van der Waals surface area contributed by atoms with Gasteiger partial charge in [0.1, 0.15) is 4.90 Å². The van der Waals surface area contributed by atoms with E-state index in [-0.39, 0.29) is 4.90 Å². The summed E-state index contributed by atoms with van der Waals surface area (Å²) >= 11 is 0. The second kappa shape index (κ2) is 5.43. The number of hydrogen-bond acceptors (Lipinski definition) is 5. The number of sulfonamides is 1. The predicted molar refractivity (Wildman–Crippen MR) is 84.4 cm³/mol. The second-order valence-electron chi connectivity index (χ2n) is 5.45. The molecule has 0 aliphatic heterocycles. The molecule has 0 spiro atoms. The average molecular weight is 334 g/mol. The van der Waals surface area contributed by atoms with Gasteiger partial charge in [0.05, 0.1) is 17.4 Å². The van der Waals surface area contributed by atoms with Crippen molar-refractivity contribution in [1.82, 2.24) is 29.1 Å². The van der Waals surface area contributed by atoms with Crippen LogP contribution in [0.2, 0.25) is 0 Å². The smallest absolute Gasteiger partial charge is 0.244 e. The maximum atomic E-state index is 12.7. The van der Waals surface area contributed by atoms with Gasteiger partial charge >= 0.3 is 0 Å². The van der Waals surface area contributed by atoms with Crippen LogP contribution in [0.3, 0.4) is 0 Å². The fourth-order valence-corrected chi connectivity index (χ4v) is 4.28. The first kappa shape index (κ1) is 15.6. The van der Waals surface area contributed by atoms with Crippen LogP contribution in [0.15, 0.2) is 29.3 Å². The molecule has 0 aliphatic rings. The van der Waals surface area contributed by atoms with Crippen LogP contribution in [0.5, 0.6) is 0 Å². The Hall–Kier alpha value is -2.26. The third kappa shape index (κ3) is 2.62. The molecular weight excluding hydrogens is 316 g/mol. The van der Waals surface area contributed by atoms with Crippen molar-refractivity contribution in [2.75, 3.05) is 0 Å². The van der Waals surface area contributed by atoms with Gasteiger partial charge < -0.3 is 0 Å². The quantitative estimate of drug-likeness (QED) is 0.771. The van der Waals surface area contributed by atoms with E-state index < -0.39 is 16.1 Å². The van der Waals surface area contributed by atoms with Gasteiger partial charge in [-0.25, -0.2) is 13.1 Å². The zero-order valence-corrected chi connectivity index (χ0v) is 14.2. The van der Waals surface area contributed by atoms with Gasteiger partial charge in [0.2, 0.25) is 10.0 Å². The zero-order chi connectivity index (χ0) is 16.8. The van der Waals surface area contributed by atoms with Crippen LogP contribution in [0.1, 0.15) is 30.2 Å². The molecule has 0 amide bonds. The van der Waals surface area contributed by atoms with Crippen molar-refractivity contribution in [2.24, 2.45) is 7.05 Å². The van der Waals surface area contributed by atoms with Crippen LogP contribution < -0.4 is 4.72 Å². The van der Waals surface area contributed by atoms with Crippen molar-refractivity contribution in [1.29, 1.82) is 0 Å². The molecule has 0 saturated carbocycles. The minimum Gasteiger partial charge on any atom is -0.285 e. The molecule has 0 fully saturated rings. The molecule has 0 aromatic carbocycles. The summed E-state index contributed by atoms with van der Waals surface area (Å²) in [6.45, 7) is 5.15. The molecule has 122 valence electrons. The molecule has 3 aromatic heterocycles. The van der Waals surface area contributed by atoms with Crippen LogP contribution in [-0.2, 0) is 17.1 Å². The maximum absolute atomic E-state index is 12.7. The number of nitrogens with zero attached hydrogens (tertiary/aromatic N) is 5. The highest BCUT2D eigenvalue weighted by molar-refractivity contribution is 7.89. The van der Waals surface area contributed by atoms with Crippen molar-refractivity contribution in [3.8, 4) is 0 Å². The van der Waals surface area contributed by atoms with Crippen molar-refractivity contribution in [3.05, 3.63) is 41.6 Å². The van der Waals surface area contributed by atoms with E-state index in [9.17, 15) is 8.42 Å². The largest absolute Gasteiger partial charge is 0.285 e. The number of aryl methyl sites for hydroxylation is 2. The van der Waals surface area contributed by atoms with E-state index in [4.69, 9.17) is 0 Å². The number of nitrogens with one attached hydrogen (secondary N) is 1. The van der Waals surface area contributed by atoms with Gasteiger partial charge in [-0.05, 0) is 32.9 Å². The Balaban J connectivity index is 1.97. The van der Waals surface area contributed by atoms with Gasteiger partial charge in [-0.15, -0.1) is 10.2 Å². The molecule has 3 aromatic rings. The number of aromatic nitrogens is 5. The van der Waals surface area contributed by atoms with Gasteiger partial charge in [-0.1, -0.05) is 6.07 Å². The first-order chi connectivity index (χ1) is 10.8. The Morgan fingerprint density at radius 2 is 1.96 bits per heavy atom. The van der Waals surface area contributed by atoms with E-state index in [1.54, 1.807) is 43.1 Å². The van der Waals surface area contributed by atoms with Crippen LogP contribution in [0.25, 0.3) is 5.65 Å². The Kier molecular flexibility index (Phi) is 3.69. The van der Waals surface area contributed by atoms with Gasteiger partial charge in [0.15, 0.2) is 11.5 Å². The van der Waals surface area contributed by atoms with Crippen LogP contribution in [-0.4, -0.2) is 32.8 Å². The fourth-order valence-electron chi connectivity index (χ4n) is 2.64. The maximum Gasteiger partial charge on any atom is 0.244 e. The van der Waals surface area contributed by atoms with Gasteiger partial charge in [0.25, 0.3) is 0 Å². The standard InChI is InChI=1S/C14H18N6O2S/c1-9-13(11(3)19(4)17-9)23(21,22)18-10(2)14-16-15-12-7-5-6-8-20(12)14/h5-8,10,18H,1-4H3. The summed E-state index contributed by atoms with van der Waals surface area (Å²) in [6, 6.07) is 4.98. The Labute approximate surface area is 134 Å². The van der Waals surface area contributed by atoms with E-state index in [1.807, 2.05) is 18.2 Å². The Bertz CT molecular complexity index is 972. The Morgan fingerprint density at radius 3 is 2.61 bits per heavy atom. The summed E-state index contributed by atoms with van der Waals surface area (Å²) in [6.07, 6.45) is 1.80. The molecule has 8 nitrogen and oxygen atoms in total. The summed E-state index contributed by atoms with van der Waals surface area (Å²) in [5.41, 5.74) is 1.73. The normalized spacial score (nSPS) is 13.6. The molecule has 9 heteroatoms. The molecule has 1 unspecified atom stereocenters. The SMILES string of the molecule is Cc1nn(C)c(C)c1S(=O)(=O)NC(C)c1nnc2ccccn12. The zero-order valence-electron chi connectivity index (χ0n) is 13.3. The van der Waals surface area contributed by atoms with Gasteiger partial charge in [-0.3, -0.25) is 9.08 Å². The molecule has 23 heavy (non-hydrogen) atoms. The Morgan fingerprint density at radius 1 is 1.22 bits per heavy atom. The highest BCUT2D eigenvalue weighted by Gasteiger charge is 2.27. The molecule has 0 aliphatic carbocycles. The number of fused-ring (bicyclic) bond motifs is 1. The molecule has 1 atom stereocenters. The first-order valence-corrected chi connectivity index (χ1v) is 8.62. The first-order valence-electron chi connectivity index (χ1n) is 7.13. The lowest BCUT2D eigenvalue weighted by Gasteiger charge is -2.13. The highest BCUT2D eigenvalue weighted by atomic mass is 32.2. The fraction of sp³-hybridized carbons (Fsp3) is 0.357. The summed E-state index contributed by atoms with van der Waals surface area (Å²) in [5.74, 6) is 0.531. The lowest BCUT2D eigenvalue weighted by atomic mass is 10.3. The van der Waals surface area contributed by atoms with Crippen molar-refractivity contribution in [2.45, 2.75) is 31.7 Å². The second-order valence-corrected chi connectivity index (χ2v) is 7.10. The molecule has 1 N–H and O–H groups in total. The summed E-state index contributed by atoms with van der Waals surface area (Å²) < 4.78 is 31.4. The number of pyridine rings is 1. The third-order valence-electron chi connectivity index (χ3n) is 3.77. The van der Waals surface area contributed by atoms with E-state index in [0.717, 1.165) is 0 Å². The molecule has 3 rings (SSSR count). The van der Waals surface area contributed by atoms with Crippen molar-refractivity contribution >= 4 is 15.7 Å². The summed E-state index contributed by atoms with van der Waals surface area (Å²) in [7, 11) is -1.99. The van der Waals surface area contributed by atoms with E-state index in [1.165, 1.54) is 0 Å². The number of hydrogen-bond donors (Lipinski definition) is 1. The number of rotatable bonds is 4. The highest BCUT2D eigenvalue weighted by Crippen LogP contribution is 2.21. The van der Waals surface area contributed by atoms with Gasteiger partial charge in [-0.2, -0.15) is 5.10 Å². The van der Waals surface area contributed by atoms with Crippen LogP contribution in [0.4, 0.5) is 0 Å². The minimum absolute atomic E-state index is 0.209. The average Bonchev–Trinajstić information content (AvgIpc) is 3.00. The summed E-state index contributed by atoms with van der Waals surface area (Å²) in [5, 5.41) is 12.3. The van der Waals surface area contributed by atoms with E-state index in [0.29, 0.717) is 22.9 Å². The van der Waals surface area contributed by atoms with Crippen LogP contribution in [0, 0.1) is 13.8 Å². The molecular formula is C14H18N6O2S. The lowest BCUT2D eigenvalue weighted by molar-refractivity contribution is 0.557. The minimum atomic E-state index is -3.71. The van der Waals surface area contributed by atoms with E-state index in [2.05, 4.69) is 20.0 Å². The third-order valence-corrected chi connectivity index (χ3v) is 5.56. The van der Waals surface area contributed by atoms with Crippen molar-refractivity contribution < 1.29 is 8.42 Å². The molecule has 0 radical (unpaired) electrons. The predicted octanol–water partition coefficient (Wildman–Crippen LogP) is 1.12. The molecule has 0 bridgehead atoms. The van der Waals surface area contributed by atoms with Gasteiger partial charge in [0, 0.05) is 13.2 Å². The monoisotopic (exact) mass is 334 g/mol. The van der Waals surface area contributed by atoms with Crippen LogP contribution >= 0.6 is 0 Å². The lowest BCUT2D eigenvalue weighted by Crippen LogP contribution is -2.29. The molecule has 3 heterocycles.